The molecule has 1 aliphatic rings. The Morgan fingerprint density at radius 2 is 1.88 bits per heavy atom. The Morgan fingerprint density at radius 1 is 1.24 bits per heavy atom. The molecule has 17 heavy (non-hydrogen) atoms. The van der Waals surface area contributed by atoms with E-state index in [0.29, 0.717) is 6.04 Å². The van der Waals surface area contributed by atoms with Gasteiger partial charge in [-0.3, -0.25) is 0 Å². The molecule has 2 unspecified atom stereocenters. The summed E-state index contributed by atoms with van der Waals surface area (Å²) in [5, 5.41) is 4.41. The van der Waals surface area contributed by atoms with E-state index in [1.807, 2.05) is 12.1 Å². The van der Waals surface area contributed by atoms with E-state index in [2.05, 4.69) is 41.2 Å². The summed E-state index contributed by atoms with van der Waals surface area (Å²) in [4.78, 5) is 0. The lowest BCUT2D eigenvalue weighted by Crippen LogP contribution is -2.37. The van der Waals surface area contributed by atoms with Crippen LogP contribution >= 0.6 is 27.5 Å². The zero-order valence-corrected chi connectivity index (χ0v) is 12.7. The van der Waals surface area contributed by atoms with Gasteiger partial charge in [-0.15, -0.1) is 0 Å². The van der Waals surface area contributed by atoms with E-state index < -0.39 is 0 Å². The van der Waals surface area contributed by atoms with Crippen LogP contribution < -0.4 is 5.32 Å². The quantitative estimate of drug-likeness (QED) is 0.776. The zero-order valence-electron chi connectivity index (χ0n) is 10.3. The fourth-order valence-electron chi connectivity index (χ4n) is 2.74. The molecule has 0 aliphatic heterocycles. The van der Waals surface area contributed by atoms with E-state index in [1.165, 1.54) is 19.3 Å². The highest BCUT2D eigenvalue weighted by Gasteiger charge is 2.27. The number of rotatable bonds is 2. The van der Waals surface area contributed by atoms with E-state index in [-0.39, 0.29) is 0 Å². The molecule has 1 nitrogen and oxygen atoms in total. The molecule has 1 fully saturated rings. The summed E-state index contributed by atoms with van der Waals surface area (Å²) in [6.45, 7) is 4.68. The van der Waals surface area contributed by atoms with Crippen molar-refractivity contribution in [1.29, 1.82) is 0 Å². The highest BCUT2D eigenvalue weighted by atomic mass is 79.9. The first-order valence-corrected chi connectivity index (χ1v) is 7.46. The van der Waals surface area contributed by atoms with Gasteiger partial charge in [0, 0.05) is 16.2 Å². The average molecular weight is 317 g/mol. The Hall–Kier alpha value is -0.210. The van der Waals surface area contributed by atoms with Crippen molar-refractivity contribution < 1.29 is 0 Å². The Balaban J connectivity index is 2.10. The monoisotopic (exact) mass is 315 g/mol. The van der Waals surface area contributed by atoms with Crippen LogP contribution in [0.2, 0.25) is 5.02 Å². The number of hydrogen-bond donors (Lipinski definition) is 1. The van der Waals surface area contributed by atoms with E-state index in [1.54, 1.807) is 0 Å². The molecule has 0 radical (unpaired) electrons. The Kier molecular flexibility index (Phi) is 4.37. The second-order valence-corrected chi connectivity index (χ2v) is 6.45. The lowest BCUT2D eigenvalue weighted by atomic mass is 9.78. The molecule has 2 rings (SSSR count). The summed E-state index contributed by atoms with van der Waals surface area (Å²) in [5.74, 6) is 1.47. The van der Waals surface area contributed by atoms with E-state index in [4.69, 9.17) is 11.6 Å². The molecule has 0 aromatic heterocycles. The van der Waals surface area contributed by atoms with Crippen molar-refractivity contribution in [2.45, 2.75) is 39.2 Å². The normalized spacial score (nSPS) is 29.1. The van der Waals surface area contributed by atoms with Crippen LogP contribution in [0, 0.1) is 11.8 Å². The second kappa shape index (κ2) is 5.62. The van der Waals surface area contributed by atoms with Crippen molar-refractivity contribution in [3.8, 4) is 0 Å². The first-order valence-electron chi connectivity index (χ1n) is 6.29. The maximum atomic E-state index is 6.12. The predicted octanol–water partition coefficient (Wildman–Crippen LogP) is 5.34. The number of hydrogen-bond acceptors (Lipinski definition) is 1. The summed E-state index contributed by atoms with van der Waals surface area (Å²) in [6, 6.07) is 6.66. The topological polar surface area (TPSA) is 12.0 Å². The largest absolute Gasteiger partial charge is 0.382 e. The second-order valence-electron chi connectivity index (χ2n) is 5.18. The minimum absolute atomic E-state index is 0.570. The Labute approximate surface area is 117 Å². The van der Waals surface area contributed by atoms with Gasteiger partial charge >= 0.3 is 0 Å². The first-order chi connectivity index (χ1) is 8.08. The van der Waals surface area contributed by atoms with Gasteiger partial charge in [0.2, 0.25) is 0 Å². The summed E-state index contributed by atoms with van der Waals surface area (Å²) in [6.07, 6.45) is 4.01. The molecule has 0 heterocycles. The van der Waals surface area contributed by atoms with Crippen LogP contribution in [0.4, 0.5) is 5.69 Å². The van der Waals surface area contributed by atoms with Gasteiger partial charge < -0.3 is 5.32 Å². The number of nitrogens with one attached hydrogen (secondary N) is 1. The average Bonchev–Trinajstić information content (AvgIpc) is 2.28. The molecule has 3 heteroatoms. The van der Waals surface area contributed by atoms with E-state index >= 15 is 0 Å². The standard InChI is InChI=1S/C14H19BrClN/c1-9-4-3-5-10(2)14(9)17-11-6-7-12(15)13(16)8-11/h6-10,14,17H,3-5H2,1-2H3. The molecule has 1 saturated carbocycles. The SMILES string of the molecule is CC1CCCC(C)C1Nc1ccc(Br)c(Cl)c1. The molecule has 0 amide bonds. The van der Waals surface area contributed by atoms with Crippen molar-refractivity contribution in [3.63, 3.8) is 0 Å². The van der Waals surface area contributed by atoms with Crippen LogP contribution in [0.3, 0.4) is 0 Å². The van der Waals surface area contributed by atoms with Crippen LogP contribution in [-0.4, -0.2) is 6.04 Å². The molecule has 1 aromatic rings. The maximum absolute atomic E-state index is 6.12. The molecule has 0 spiro atoms. The maximum Gasteiger partial charge on any atom is 0.0568 e. The summed E-state index contributed by atoms with van der Waals surface area (Å²) in [5.41, 5.74) is 1.13. The molecule has 94 valence electrons. The molecule has 1 N–H and O–H groups in total. The van der Waals surface area contributed by atoms with Gasteiger partial charge in [-0.1, -0.05) is 31.9 Å². The van der Waals surface area contributed by atoms with Gasteiger partial charge in [-0.25, -0.2) is 0 Å². The van der Waals surface area contributed by atoms with E-state index in [0.717, 1.165) is 27.0 Å². The zero-order chi connectivity index (χ0) is 12.4. The minimum atomic E-state index is 0.570. The van der Waals surface area contributed by atoms with Crippen LogP contribution in [0.25, 0.3) is 0 Å². The van der Waals surface area contributed by atoms with Crippen molar-refractivity contribution in [2.75, 3.05) is 5.32 Å². The highest BCUT2D eigenvalue weighted by molar-refractivity contribution is 9.10. The van der Waals surface area contributed by atoms with Crippen LogP contribution in [0.1, 0.15) is 33.1 Å². The molecule has 0 bridgehead atoms. The minimum Gasteiger partial charge on any atom is -0.382 e. The van der Waals surface area contributed by atoms with Crippen LogP contribution in [-0.2, 0) is 0 Å². The molecule has 2 atom stereocenters. The Morgan fingerprint density at radius 3 is 2.47 bits per heavy atom. The fraction of sp³-hybridized carbons (Fsp3) is 0.571. The van der Waals surface area contributed by atoms with E-state index in [9.17, 15) is 0 Å². The third-order valence-electron chi connectivity index (χ3n) is 3.80. The van der Waals surface area contributed by atoms with Crippen LogP contribution in [0.5, 0.6) is 0 Å². The van der Waals surface area contributed by atoms with Crippen molar-refractivity contribution in [3.05, 3.63) is 27.7 Å². The molecular weight excluding hydrogens is 298 g/mol. The predicted molar refractivity (Wildman–Crippen MR) is 78.7 cm³/mol. The summed E-state index contributed by atoms with van der Waals surface area (Å²) in [7, 11) is 0. The van der Waals surface area contributed by atoms with Crippen molar-refractivity contribution in [2.24, 2.45) is 11.8 Å². The third-order valence-corrected chi connectivity index (χ3v) is 5.03. The lowest BCUT2D eigenvalue weighted by molar-refractivity contribution is 0.268. The summed E-state index contributed by atoms with van der Waals surface area (Å²) >= 11 is 9.54. The molecule has 0 saturated heterocycles. The number of halogens is 2. The van der Waals surface area contributed by atoms with Gasteiger partial charge in [-0.05, 0) is 58.8 Å². The molecule has 1 aliphatic carbocycles. The van der Waals surface area contributed by atoms with Gasteiger partial charge in [0.1, 0.15) is 0 Å². The van der Waals surface area contributed by atoms with Gasteiger partial charge in [0.05, 0.1) is 5.02 Å². The smallest absolute Gasteiger partial charge is 0.0568 e. The fourth-order valence-corrected chi connectivity index (χ4v) is 3.17. The lowest BCUT2D eigenvalue weighted by Gasteiger charge is -2.36. The summed E-state index contributed by atoms with van der Waals surface area (Å²) < 4.78 is 0.953. The van der Waals surface area contributed by atoms with Gasteiger partial charge in [0.25, 0.3) is 0 Å². The van der Waals surface area contributed by atoms with Gasteiger partial charge in [-0.2, -0.15) is 0 Å². The first kappa shape index (κ1) is 13.2. The number of anilines is 1. The number of benzene rings is 1. The van der Waals surface area contributed by atoms with Crippen molar-refractivity contribution >= 4 is 33.2 Å². The molecule has 1 aromatic carbocycles. The van der Waals surface area contributed by atoms with Crippen molar-refractivity contribution in [1.82, 2.24) is 0 Å². The van der Waals surface area contributed by atoms with Crippen LogP contribution in [0.15, 0.2) is 22.7 Å². The highest BCUT2D eigenvalue weighted by Crippen LogP contribution is 2.32. The van der Waals surface area contributed by atoms with Gasteiger partial charge in [0.15, 0.2) is 0 Å². The Bertz CT molecular complexity index is 384. The molecular formula is C14H19BrClN. The third kappa shape index (κ3) is 3.17.